The molecule has 2 amide bonds. The first kappa shape index (κ1) is 31.7. The molecule has 2 N–H and O–H groups in total. The standard InChI is InChI=1S/C33H39FN6O6S/c1-4-45-29(42)24-22(36-27(28-35-9-12-47-28)37-25(24)20-7-6-8-21(34)19(20)3)13-38-10-11-39-23(26(38)30(43)46-5-2)14-40(31(39)44)33-15-32(16-33,17-33)18-41/h6-9,12,23,25-26,41H,4-5,10-11,13-18H2,1-3H3,(H,36,37)/t23-,25+,26?,32?,33?/m1/s1. The number of aliphatic hydroxyl groups is 1. The molecular weight excluding hydrogens is 627 g/mol. The average Bonchev–Trinajstić information content (AvgIpc) is 3.66. The maximum Gasteiger partial charge on any atom is 0.338 e. The Hall–Kier alpha value is -3.88. The smallest absolute Gasteiger partial charge is 0.338 e. The average molecular weight is 667 g/mol. The monoisotopic (exact) mass is 666 g/mol. The van der Waals surface area contributed by atoms with E-state index >= 15 is 0 Å². The Balaban J connectivity index is 1.26. The SMILES string of the molecule is CCOC(=O)C1=C(CN2CCN3C(=O)N(C45CC(CO)(C4)C5)C[C@@H]3C2C(=O)OCC)NC(c2nccs2)=N[C@H]1c1cccc(F)c1C. The van der Waals surface area contributed by atoms with E-state index in [1.165, 1.54) is 17.4 Å². The Kier molecular flexibility index (Phi) is 8.08. The number of ether oxygens (including phenoxy) is 2. The number of piperazine rings is 1. The number of fused-ring (bicyclic) bond motifs is 1. The van der Waals surface area contributed by atoms with Crippen LogP contribution in [-0.2, 0) is 19.1 Å². The molecule has 4 heterocycles. The minimum atomic E-state index is -0.895. The highest BCUT2D eigenvalue weighted by Gasteiger charge is 2.72. The number of esters is 2. The van der Waals surface area contributed by atoms with Crippen molar-refractivity contribution in [2.24, 2.45) is 10.4 Å². The number of benzene rings is 1. The number of nitrogens with one attached hydrogen (secondary N) is 1. The second kappa shape index (κ2) is 12.0. The van der Waals surface area contributed by atoms with Crippen molar-refractivity contribution in [1.29, 1.82) is 0 Å². The predicted octanol–water partition coefficient (Wildman–Crippen LogP) is 2.77. The lowest BCUT2D eigenvalue weighted by Crippen LogP contribution is -2.76. The van der Waals surface area contributed by atoms with Gasteiger partial charge in [-0.05, 0) is 57.2 Å². The fourth-order valence-corrected chi connectivity index (χ4v) is 8.87. The van der Waals surface area contributed by atoms with Gasteiger partial charge in [-0.25, -0.2) is 19.0 Å². The van der Waals surface area contributed by atoms with Crippen molar-refractivity contribution in [3.05, 3.63) is 63.0 Å². The summed E-state index contributed by atoms with van der Waals surface area (Å²) in [6, 6.07) is 2.47. The van der Waals surface area contributed by atoms with Crippen molar-refractivity contribution in [3.63, 3.8) is 0 Å². The fraction of sp³-hybridized carbons (Fsp3) is 0.545. The summed E-state index contributed by atoms with van der Waals surface area (Å²) in [4.78, 5) is 56.2. The summed E-state index contributed by atoms with van der Waals surface area (Å²) in [5.41, 5.74) is 1.22. The number of halogens is 1. The Morgan fingerprint density at radius 2 is 1.94 bits per heavy atom. The van der Waals surface area contributed by atoms with Crippen molar-refractivity contribution < 1.29 is 33.4 Å². The zero-order valence-corrected chi connectivity index (χ0v) is 27.5. The highest BCUT2D eigenvalue weighted by atomic mass is 32.1. The number of rotatable bonds is 10. The van der Waals surface area contributed by atoms with Gasteiger partial charge in [-0.1, -0.05) is 12.1 Å². The molecule has 2 bridgehead atoms. The van der Waals surface area contributed by atoms with Crippen molar-refractivity contribution in [3.8, 4) is 0 Å². The zero-order valence-electron chi connectivity index (χ0n) is 26.7. The number of nitrogens with zero attached hydrogens (tertiary/aromatic N) is 5. The summed E-state index contributed by atoms with van der Waals surface area (Å²) >= 11 is 1.37. The van der Waals surface area contributed by atoms with Crippen LogP contribution < -0.4 is 5.32 Å². The Labute approximate surface area is 276 Å². The van der Waals surface area contributed by atoms with E-state index in [9.17, 15) is 23.9 Å². The molecular formula is C33H39FN6O6S. The molecule has 2 saturated heterocycles. The van der Waals surface area contributed by atoms with Crippen LogP contribution in [0.2, 0.25) is 0 Å². The topological polar surface area (TPSA) is 137 Å². The van der Waals surface area contributed by atoms with E-state index in [-0.39, 0.29) is 48.9 Å². The molecule has 8 rings (SSSR count). The highest BCUT2D eigenvalue weighted by Crippen LogP contribution is 2.70. The third-order valence-electron chi connectivity index (χ3n) is 10.4. The number of aliphatic imine (C=N–C) groups is 1. The first-order chi connectivity index (χ1) is 22.6. The third kappa shape index (κ3) is 5.12. The Morgan fingerprint density at radius 1 is 1.17 bits per heavy atom. The first-order valence-corrected chi connectivity index (χ1v) is 17.0. The number of urea groups is 1. The molecule has 1 aromatic carbocycles. The number of amidine groups is 1. The summed E-state index contributed by atoms with van der Waals surface area (Å²) in [6.07, 6.45) is 3.98. The molecule has 5 fully saturated rings. The number of hydrogen-bond donors (Lipinski definition) is 2. The number of amides is 2. The van der Waals surface area contributed by atoms with E-state index in [0.29, 0.717) is 47.3 Å². The largest absolute Gasteiger partial charge is 0.465 e. The number of carbonyl (C=O) groups excluding carboxylic acids is 3. The van der Waals surface area contributed by atoms with Crippen LogP contribution in [0.5, 0.6) is 0 Å². The minimum absolute atomic E-state index is 0.0776. The molecule has 3 aliphatic heterocycles. The summed E-state index contributed by atoms with van der Waals surface area (Å²) in [7, 11) is 0. The summed E-state index contributed by atoms with van der Waals surface area (Å²) in [6.45, 7) is 6.76. The van der Waals surface area contributed by atoms with Crippen LogP contribution >= 0.6 is 11.3 Å². The number of carbonyl (C=O) groups is 3. The van der Waals surface area contributed by atoms with Crippen LogP contribution in [0.25, 0.3) is 0 Å². The third-order valence-corrected chi connectivity index (χ3v) is 11.2. The normalized spacial score (nSPS) is 29.9. The maximum atomic E-state index is 14.9. The minimum Gasteiger partial charge on any atom is -0.465 e. The van der Waals surface area contributed by atoms with E-state index in [1.807, 2.05) is 15.2 Å². The van der Waals surface area contributed by atoms with E-state index < -0.39 is 35.9 Å². The molecule has 1 unspecified atom stereocenters. The molecule has 47 heavy (non-hydrogen) atoms. The molecule has 6 aliphatic rings. The van der Waals surface area contributed by atoms with E-state index in [2.05, 4.69) is 10.3 Å². The molecule has 2 aromatic rings. The lowest BCUT2D eigenvalue weighted by Gasteiger charge is -2.72. The van der Waals surface area contributed by atoms with Crippen LogP contribution in [0.4, 0.5) is 9.18 Å². The van der Waals surface area contributed by atoms with E-state index in [4.69, 9.17) is 14.5 Å². The molecule has 250 valence electrons. The van der Waals surface area contributed by atoms with E-state index in [0.717, 1.165) is 19.3 Å². The summed E-state index contributed by atoms with van der Waals surface area (Å²) < 4.78 is 26.0. The van der Waals surface area contributed by atoms with Crippen molar-refractivity contribution in [2.45, 2.75) is 63.7 Å². The van der Waals surface area contributed by atoms with Gasteiger partial charge in [0.25, 0.3) is 0 Å². The molecule has 14 heteroatoms. The van der Waals surface area contributed by atoms with Gasteiger partial charge in [-0.3, -0.25) is 14.7 Å². The van der Waals surface area contributed by atoms with Crippen LogP contribution in [0.3, 0.4) is 0 Å². The number of thiazole rings is 1. The van der Waals surface area contributed by atoms with Crippen LogP contribution in [0.15, 0.2) is 46.0 Å². The van der Waals surface area contributed by atoms with Gasteiger partial charge in [-0.2, -0.15) is 0 Å². The summed E-state index contributed by atoms with van der Waals surface area (Å²) in [5, 5.41) is 15.6. The molecule has 0 radical (unpaired) electrons. The highest BCUT2D eigenvalue weighted by molar-refractivity contribution is 7.11. The molecule has 12 nitrogen and oxygen atoms in total. The lowest BCUT2D eigenvalue weighted by atomic mass is 9.39. The number of hydrogen-bond acceptors (Lipinski definition) is 11. The van der Waals surface area contributed by atoms with Gasteiger partial charge in [0, 0.05) is 61.0 Å². The van der Waals surface area contributed by atoms with Crippen molar-refractivity contribution in [2.75, 3.05) is 46.0 Å². The van der Waals surface area contributed by atoms with Gasteiger partial charge in [0.1, 0.15) is 17.9 Å². The Morgan fingerprint density at radius 3 is 2.62 bits per heavy atom. The van der Waals surface area contributed by atoms with Gasteiger partial charge in [0.2, 0.25) is 0 Å². The molecule has 3 atom stereocenters. The molecule has 0 spiro atoms. The summed E-state index contributed by atoms with van der Waals surface area (Å²) in [5.74, 6) is -1.03. The van der Waals surface area contributed by atoms with Crippen LogP contribution in [0, 0.1) is 18.2 Å². The van der Waals surface area contributed by atoms with Gasteiger partial charge in [-0.15, -0.1) is 11.3 Å². The van der Waals surface area contributed by atoms with Gasteiger partial charge in [0.15, 0.2) is 10.8 Å². The quantitative estimate of drug-likeness (QED) is 0.367. The fourth-order valence-electron chi connectivity index (χ4n) is 8.28. The van der Waals surface area contributed by atoms with Gasteiger partial charge in [0.05, 0.1) is 24.8 Å². The van der Waals surface area contributed by atoms with Crippen LogP contribution in [0.1, 0.15) is 55.3 Å². The maximum absolute atomic E-state index is 14.9. The molecule has 1 aromatic heterocycles. The molecule has 3 aliphatic carbocycles. The number of aliphatic hydroxyl groups excluding tert-OH is 1. The molecule has 3 saturated carbocycles. The number of aromatic nitrogens is 1. The predicted molar refractivity (Wildman–Crippen MR) is 170 cm³/mol. The van der Waals surface area contributed by atoms with E-state index in [1.54, 1.807) is 44.0 Å². The van der Waals surface area contributed by atoms with Crippen molar-refractivity contribution >= 4 is 35.1 Å². The lowest BCUT2D eigenvalue weighted by molar-refractivity contribution is -0.218. The van der Waals surface area contributed by atoms with Gasteiger partial charge >= 0.3 is 18.0 Å². The second-order valence-corrected chi connectivity index (χ2v) is 14.0. The van der Waals surface area contributed by atoms with Crippen LogP contribution in [-0.4, -0.2) is 112 Å². The first-order valence-electron chi connectivity index (χ1n) is 16.1. The van der Waals surface area contributed by atoms with Crippen molar-refractivity contribution in [1.82, 2.24) is 25.0 Å². The zero-order chi connectivity index (χ0) is 33.1. The van der Waals surface area contributed by atoms with Gasteiger partial charge < -0.3 is 29.7 Å². The Bertz CT molecular complexity index is 1640. The second-order valence-electron chi connectivity index (χ2n) is 13.1.